The fourth-order valence-corrected chi connectivity index (χ4v) is 4.41. The fraction of sp³-hybridized carbons (Fsp3) is 0.333. The van der Waals surface area contributed by atoms with Gasteiger partial charge in [0, 0.05) is 50.0 Å². The van der Waals surface area contributed by atoms with Crippen molar-refractivity contribution in [3.63, 3.8) is 0 Å². The van der Waals surface area contributed by atoms with Crippen LogP contribution in [0.2, 0.25) is 5.02 Å². The number of nitrogens with zero attached hydrogens (tertiary/aromatic N) is 4. The van der Waals surface area contributed by atoms with Crippen molar-refractivity contribution in [3.8, 4) is 5.88 Å². The van der Waals surface area contributed by atoms with Crippen molar-refractivity contribution in [1.82, 2.24) is 14.9 Å². The third-order valence-electron chi connectivity index (χ3n) is 5.86. The van der Waals surface area contributed by atoms with E-state index in [1.165, 1.54) is 16.8 Å². The quantitative estimate of drug-likeness (QED) is 0.631. The van der Waals surface area contributed by atoms with Gasteiger partial charge in [0.1, 0.15) is 6.61 Å². The number of aromatic nitrogens is 2. The highest BCUT2D eigenvalue weighted by molar-refractivity contribution is 6.30. The molecule has 0 unspecified atom stereocenters. The van der Waals surface area contributed by atoms with Gasteiger partial charge in [-0.3, -0.25) is 9.88 Å². The molecule has 0 spiro atoms. The molecule has 160 valence electrons. The van der Waals surface area contributed by atoms with Crippen molar-refractivity contribution in [3.05, 3.63) is 76.6 Å². The van der Waals surface area contributed by atoms with Gasteiger partial charge in [0.25, 0.3) is 0 Å². The first-order valence-corrected chi connectivity index (χ1v) is 11.1. The normalized spacial score (nSPS) is 16.1. The van der Waals surface area contributed by atoms with Gasteiger partial charge in [-0.1, -0.05) is 35.9 Å². The Bertz CT molecular complexity index is 1050. The van der Waals surface area contributed by atoms with Crippen molar-refractivity contribution < 1.29 is 4.74 Å². The predicted molar refractivity (Wildman–Crippen MR) is 124 cm³/mol. The number of anilines is 2. The van der Waals surface area contributed by atoms with Crippen molar-refractivity contribution in [2.45, 2.75) is 19.6 Å². The fourth-order valence-electron chi connectivity index (χ4n) is 4.19. The summed E-state index contributed by atoms with van der Waals surface area (Å²) in [5.41, 5.74) is 5.15. The number of fused-ring (bicyclic) bond motifs is 1. The summed E-state index contributed by atoms with van der Waals surface area (Å²) in [4.78, 5) is 13.8. The highest BCUT2D eigenvalue weighted by Crippen LogP contribution is 2.24. The maximum atomic E-state index is 6.04. The predicted octanol–water partition coefficient (Wildman–Crippen LogP) is 4.00. The van der Waals surface area contributed by atoms with Gasteiger partial charge in [-0.2, -0.15) is 4.98 Å². The summed E-state index contributed by atoms with van der Waals surface area (Å²) in [7, 11) is 0. The van der Waals surface area contributed by atoms with Crippen molar-refractivity contribution in [2.24, 2.45) is 0 Å². The molecular weight excluding hydrogens is 410 g/mol. The van der Waals surface area contributed by atoms with Gasteiger partial charge >= 0.3 is 0 Å². The monoisotopic (exact) mass is 435 g/mol. The largest absolute Gasteiger partial charge is 0.472 e. The SMILES string of the molecule is Clc1cccc(COc2cncc(N3CCN(Cc4ccc5c(c4)CCN5)CC3)n2)c1. The third kappa shape index (κ3) is 4.92. The Morgan fingerprint density at radius 2 is 1.90 bits per heavy atom. The van der Waals surface area contributed by atoms with Crippen LogP contribution in [-0.4, -0.2) is 47.6 Å². The number of piperazine rings is 1. The maximum Gasteiger partial charge on any atom is 0.234 e. The third-order valence-corrected chi connectivity index (χ3v) is 6.09. The van der Waals surface area contributed by atoms with Crippen LogP contribution in [0.4, 0.5) is 11.5 Å². The van der Waals surface area contributed by atoms with E-state index in [2.05, 4.69) is 43.3 Å². The highest BCUT2D eigenvalue weighted by Gasteiger charge is 2.19. The first kappa shape index (κ1) is 20.1. The summed E-state index contributed by atoms with van der Waals surface area (Å²) in [6.07, 6.45) is 4.60. The molecule has 6 nitrogen and oxygen atoms in total. The Kier molecular flexibility index (Phi) is 5.91. The first-order chi connectivity index (χ1) is 15.2. The lowest BCUT2D eigenvalue weighted by molar-refractivity contribution is 0.248. The van der Waals surface area contributed by atoms with E-state index in [0.29, 0.717) is 17.5 Å². The zero-order chi connectivity index (χ0) is 21.0. The van der Waals surface area contributed by atoms with E-state index in [1.54, 1.807) is 6.20 Å². The second-order valence-corrected chi connectivity index (χ2v) is 8.50. The standard InChI is InChI=1S/C24H26ClN5O/c25-21-3-1-2-19(13-21)17-31-24-15-26-14-23(28-24)30-10-8-29(9-11-30)16-18-4-5-22-20(12-18)6-7-27-22/h1-5,12-15,27H,6-11,16-17H2. The molecule has 2 aliphatic rings. The second kappa shape index (κ2) is 9.12. The lowest BCUT2D eigenvalue weighted by Gasteiger charge is -2.35. The smallest absolute Gasteiger partial charge is 0.234 e. The number of hydrogen-bond acceptors (Lipinski definition) is 6. The summed E-state index contributed by atoms with van der Waals surface area (Å²) >= 11 is 6.04. The molecule has 0 amide bonds. The number of hydrogen-bond donors (Lipinski definition) is 1. The lowest BCUT2D eigenvalue weighted by Crippen LogP contribution is -2.46. The molecule has 31 heavy (non-hydrogen) atoms. The number of benzene rings is 2. The van der Waals surface area contributed by atoms with E-state index in [-0.39, 0.29) is 0 Å². The summed E-state index contributed by atoms with van der Waals surface area (Å²) in [6, 6.07) is 14.5. The van der Waals surface area contributed by atoms with Gasteiger partial charge < -0.3 is 15.0 Å². The molecule has 3 heterocycles. The van der Waals surface area contributed by atoms with Crippen LogP contribution >= 0.6 is 11.6 Å². The molecule has 2 aromatic carbocycles. The van der Waals surface area contributed by atoms with E-state index < -0.39 is 0 Å². The van der Waals surface area contributed by atoms with Crippen LogP contribution in [0, 0.1) is 0 Å². The van der Waals surface area contributed by atoms with Gasteiger partial charge in [-0.05, 0) is 41.3 Å². The molecule has 0 aliphatic carbocycles. The summed E-state index contributed by atoms with van der Waals surface area (Å²) in [6.45, 7) is 6.34. The Morgan fingerprint density at radius 3 is 2.77 bits per heavy atom. The van der Waals surface area contributed by atoms with Gasteiger partial charge in [0.05, 0.1) is 12.4 Å². The van der Waals surface area contributed by atoms with Crippen LogP contribution in [0.5, 0.6) is 5.88 Å². The number of rotatable bonds is 6. The van der Waals surface area contributed by atoms with Crippen LogP contribution < -0.4 is 15.0 Å². The van der Waals surface area contributed by atoms with Crippen molar-refractivity contribution in [2.75, 3.05) is 42.9 Å². The van der Waals surface area contributed by atoms with E-state index in [4.69, 9.17) is 16.3 Å². The van der Waals surface area contributed by atoms with Gasteiger partial charge in [0.2, 0.25) is 5.88 Å². The van der Waals surface area contributed by atoms with Crippen LogP contribution in [0.25, 0.3) is 0 Å². The Labute approximate surface area is 187 Å². The molecule has 5 rings (SSSR count). The zero-order valence-corrected chi connectivity index (χ0v) is 18.2. The molecule has 1 N–H and O–H groups in total. The number of nitrogens with one attached hydrogen (secondary N) is 1. The molecule has 1 fully saturated rings. The molecule has 0 radical (unpaired) electrons. The van der Waals surface area contributed by atoms with E-state index in [1.807, 2.05) is 30.5 Å². The van der Waals surface area contributed by atoms with Crippen LogP contribution in [0.3, 0.4) is 0 Å². The minimum absolute atomic E-state index is 0.419. The summed E-state index contributed by atoms with van der Waals surface area (Å²) in [5, 5.41) is 4.13. The van der Waals surface area contributed by atoms with Gasteiger partial charge in [-0.15, -0.1) is 0 Å². The molecule has 3 aromatic rings. The first-order valence-electron chi connectivity index (χ1n) is 10.8. The van der Waals surface area contributed by atoms with E-state index in [0.717, 1.165) is 57.1 Å². The van der Waals surface area contributed by atoms with E-state index >= 15 is 0 Å². The second-order valence-electron chi connectivity index (χ2n) is 8.07. The Hall–Kier alpha value is -2.83. The molecular formula is C24H26ClN5O. The minimum atomic E-state index is 0.419. The molecule has 1 aromatic heterocycles. The van der Waals surface area contributed by atoms with Gasteiger partial charge in [-0.25, -0.2) is 0 Å². The summed E-state index contributed by atoms with van der Waals surface area (Å²) < 4.78 is 5.84. The minimum Gasteiger partial charge on any atom is -0.472 e. The van der Waals surface area contributed by atoms with Crippen molar-refractivity contribution >= 4 is 23.1 Å². The van der Waals surface area contributed by atoms with Crippen LogP contribution in [0.1, 0.15) is 16.7 Å². The van der Waals surface area contributed by atoms with Crippen LogP contribution in [-0.2, 0) is 19.6 Å². The van der Waals surface area contributed by atoms with Crippen molar-refractivity contribution in [1.29, 1.82) is 0 Å². The molecule has 0 bridgehead atoms. The van der Waals surface area contributed by atoms with E-state index in [9.17, 15) is 0 Å². The zero-order valence-electron chi connectivity index (χ0n) is 17.4. The lowest BCUT2D eigenvalue weighted by atomic mass is 10.1. The highest BCUT2D eigenvalue weighted by atomic mass is 35.5. The Balaban J connectivity index is 1.15. The number of halogens is 1. The maximum absolute atomic E-state index is 6.04. The molecule has 7 heteroatoms. The Morgan fingerprint density at radius 1 is 1.00 bits per heavy atom. The van der Waals surface area contributed by atoms with Gasteiger partial charge in [0.15, 0.2) is 5.82 Å². The topological polar surface area (TPSA) is 53.5 Å². The molecule has 2 aliphatic heterocycles. The average molecular weight is 436 g/mol. The molecule has 1 saturated heterocycles. The van der Waals surface area contributed by atoms with Crippen LogP contribution in [0.15, 0.2) is 54.9 Å². The average Bonchev–Trinajstić information content (AvgIpc) is 3.26. The molecule has 0 atom stereocenters. The number of ether oxygens (including phenoxy) is 1. The summed E-state index contributed by atoms with van der Waals surface area (Å²) in [5.74, 6) is 1.40. The molecule has 0 saturated carbocycles.